The first-order valence-corrected chi connectivity index (χ1v) is 9.33. The minimum absolute atomic E-state index is 0.135. The number of hydrogen-bond acceptors (Lipinski definition) is 4. The fraction of sp³-hybridized carbons (Fsp3) is 0.333. The lowest BCUT2D eigenvalue weighted by Gasteiger charge is -2.16. The second kappa shape index (κ2) is 8.31. The lowest BCUT2D eigenvalue weighted by Crippen LogP contribution is -2.33. The number of hydrogen-bond donors (Lipinski definition) is 1. The van der Waals surface area contributed by atoms with E-state index in [2.05, 4.69) is 4.72 Å². The Kier molecular flexibility index (Phi) is 6.39. The quantitative estimate of drug-likeness (QED) is 0.778. The number of aryl methyl sites for hydroxylation is 1. The molecule has 0 unspecified atom stereocenters. The summed E-state index contributed by atoms with van der Waals surface area (Å²) < 4.78 is 51.7. The second-order valence-electron chi connectivity index (χ2n) is 5.68. The van der Waals surface area contributed by atoms with Gasteiger partial charge in [-0.05, 0) is 25.3 Å². The van der Waals surface area contributed by atoms with Gasteiger partial charge in [0.05, 0.1) is 14.2 Å². The zero-order chi connectivity index (χ0) is 18.4. The van der Waals surface area contributed by atoms with Gasteiger partial charge in [-0.1, -0.05) is 30.3 Å². The van der Waals surface area contributed by atoms with Gasteiger partial charge in [-0.15, -0.1) is 0 Å². The van der Waals surface area contributed by atoms with Crippen molar-refractivity contribution in [2.75, 3.05) is 14.2 Å². The molecular formula is C18H22FNO4S. The van der Waals surface area contributed by atoms with Gasteiger partial charge in [0, 0.05) is 18.2 Å². The average Bonchev–Trinajstić information content (AvgIpc) is 2.60. The molecule has 7 heteroatoms. The van der Waals surface area contributed by atoms with Gasteiger partial charge in [-0.25, -0.2) is 17.5 Å². The zero-order valence-corrected chi connectivity index (χ0v) is 15.3. The van der Waals surface area contributed by atoms with Crippen LogP contribution in [-0.2, 0) is 16.4 Å². The summed E-state index contributed by atoms with van der Waals surface area (Å²) in [6, 6.07) is 11.5. The summed E-state index contributed by atoms with van der Waals surface area (Å²) in [5.41, 5.74) is 1.12. The van der Waals surface area contributed by atoms with Crippen molar-refractivity contribution in [1.29, 1.82) is 0 Å². The third kappa shape index (κ3) is 4.93. The minimum atomic E-state index is -4.01. The van der Waals surface area contributed by atoms with Crippen molar-refractivity contribution in [1.82, 2.24) is 4.72 Å². The highest BCUT2D eigenvalue weighted by molar-refractivity contribution is 7.89. The largest absolute Gasteiger partial charge is 0.493 e. The van der Waals surface area contributed by atoms with Gasteiger partial charge in [0.1, 0.15) is 10.7 Å². The standard InChI is InChI=1S/C18H22FNO4S/c1-13(9-10-14-7-5-4-6-8-14)20-25(21,22)18-12-17(24-3)16(23-2)11-15(18)19/h4-8,11-13,20H,9-10H2,1-3H3/t13-/m0/s1. The summed E-state index contributed by atoms with van der Waals surface area (Å²) in [6.45, 7) is 1.75. The highest BCUT2D eigenvalue weighted by atomic mass is 32.2. The van der Waals surface area contributed by atoms with Gasteiger partial charge in [0.25, 0.3) is 0 Å². The number of halogens is 1. The molecular weight excluding hydrogens is 345 g/mol. The molecule has 0 bridgehead atoms. The van der Waals surface area contributed by atoms with Gasteiger partial charge >= 0.3 is 0 Å². The monoisotopic (exact) mass is 367 g/mol. The van der Waals surface area contributed by atoms with E-state index < -0.39 is 20.7 Å². The van der Waals surface area contributed by atoms with E-state index in [1.165, 1.54) is 14.2 Å². The van der Waals surface area contributed by atoms with Crippen LogP contribution in [0.25, 0.3) is 0 Å². The van der Waals surface area contributed by atoms with E-state index in [1.807, 2.05) is 30.3 Å². The number of ether oxygens (including phenoxy) is 2. The number of sulfonamides is 1. The van der Waals surface area contributed by atoms with Crippen LogP contribution < -0.4 is 14.2 Å². The lowest BCUT2D eigenvalue weighted by atomic mass is 10.1. The van der Waals surface area contributed by atoms with Crippen LogP contribution in [0, 0.1) is 5.82 Å². The minimum Gasteiger partial charge on any atom is -0.493 e. The Morgan fingerprint density at radius 2 is 1.68 bits per heavy atom. The smallest absolute Gasteiger partial charge is 0.243 e. The molecule has 0 fully saturated rings. The first kappa shape index (κ1) is 19.2. The number of rotatable bonds is 8. The summed E-state index contributed by atoms with van der Waals surface area (Å²) >= 11 is 0. The van der Waals surface area contributed by atoms with Crippen molar-refractivity contribution >= 4 is 10.0 Å². The Morgan fingerprint density at radius 3 is 2.28 bits per heavy atom. The average molecular weight is 367 g/mol. The molecule has 0 aliphatic heterocycles. The first-order valence-electron chi connectivity index (χ1n) is 7.85. The van der Waals surface area contributed by atoms with E-state index in [0.29, 0.717) is 6.42 Å². The Balaban J connectivity index is 2.13. The molecule has 2 aromatic rings. The highest BCUT2D eigenvalue weighted by Crippen LogP contribution is 2.31. The van der Waals surface area contributed by atoms with E-state index in [-0.39, 0.29) is 17.5 Å². The van der Waals surface area contributed by atoms with Gasteiger partial charge in [-0.3, -0.25) is 0 Å². The molecule has 2 rings (SSSR count). The lowest BCUT2D eigenvalue weighted by molar-refractivity contribution is 0.350. The molecule has 1 N–H and O–H groups in total. The maximum Gasteiger partial charge on any atom is 0.243 e. The van der Waals surface area contributed by atoms with Crippen molar-refractivity contribution in [2.24, 2.45) is 0 Å². The van der Waals surface area contributed by atoms with Crippen LogP contribution in [0.15, 0.2) is 47.4 Å². The van der Waals surface area contributed by atoms with E-state index in [0.717, 1.165) is 24.1 Å². The van der Waals surface area contributed by atoms with Crippen molar-refractivity contribution < 1.29 is 22.3 Å². The molecule has 0 radical (unpaired) electrons. The molecule has 0 aliphatic rings. The second-order valence-corrected chi connectivity index (χ2v) is 7.37. The van der Waals surface area contributed by atoms with Gasteiger partial charge < -0.3 is 9.47 Å². The van der Waals surface area contributed by atoms with E-state index in [4.69, 9.17) is 9.47 Å². The topological polar surface area (TPSA) is 64.6 Å². The summed E-state index contributed by atoms with van der Waals surface area (Å²) in [6.07, 6.45) is 1.32. The number of nitrogens with one attached hydrogen (secondary N) is 1. The van der Waals surface area contributed by atoms with Crippen LogP contribution in [0.2, 0.25) is 0 Å². The predicted octanol–water partition coefficient (Wildman–Crippen LogP) is 3.14. The maximum absolute atomic E-state index is 14.2. The summed E-state index contributed by atoms with van der Waals surface area (Å²) in [7, 11) is -1.29. The summed E-state index contributed by atoms with van der Waals surface area (Å²) in [4.78, 5) is -0.461. The Hall–Kier alpha value is -2.12. The molecule has 0 aliphatic carbocycles. The summed E-state index contributed by atoms with van der Waals surface area (Å²) in [5, 5.41) is 0. The third-order valence-corrected chi connectivity index (χ3v) is 5.40. The van der Waals surface area contributed by atoms with Crippen molar-refractivity contribution in [2.45, 2.75) is 30.7 Å². The van der Waals surface area contributed by atoms with Crippen LogP contribution in [0.1, 0.15) is 18.9 Å². The zero-order valence-electron chi connectivity index (χ0n) is 14.5. The maximum atomic E-state index is 14.2. The SMILES string of the molecule is COc1cc(F)c(S(=O)(=O)N[C@@H](C)CCc2ccccc2)cc1OC. The van der Waals surface area contributed by atoms with Crippen LogP contribution in [0.3, 0.4) is 0 Å². The molecule has 25 heavy (non-hydrogen) atoms. The van der Waals surface area contributed by atoms with Crippen LogP contribution in [-0.4, -0.2) is 28.7 Å². The first-order chi connectivity index (χ1) is 11.9. The van der Waals surface area contributed by atoms with Crippen LogP contribution in [0.5, 0.6) is 11.5 Å². The molecule has 0 saturated carbocycles. The van der Waals surface area contributed by atoms with E-state index in [1.54, 1.807) is 6.92 Å². The molecule has 2 aromatic carbocycles. The van der Waals surface area contributed by atoms with Crippen LogP contribution >= 0.6 is 0 Å². The van der Waals surface area contributed by atoms with E-state index >= 15 is 0 Å². The number of benzene rings is 2. The molecule has 136 valence electrons. The fourth-order valence-corrected chi connectivity index (χ4v) is 3.81. The molecule has 0 amide bonds. The van der Waals surface area contributed by atoms with Gasteiger partial charge in [0.15, 0.2) is 11.5 Å². The Bertz CT molecular complexity index is 809. The van der Waals surface area contributed by atoms with Gasteiger partial charge in [0.2, 0.25) is 10.0 Å². The van der Waals surface area contributed by atoms with Crippen molar-refractivity contribution in [3.63, 3.8) is 0 Å². The highest BCUT2D eigenvalue weighted by Gasteiger charge is 2.24. The molecule has 0 aromatic heterocycles. The van der Waals surface area contributed by atoms with Gasteiger partial charge in [-0.2, -0.15) is 0 Å². The molecule has 1 atom stereocenters. The molecule has 0 heterocycles. The Labute approximate surface area is 147 Å². The fourth-order valence-electron chi connectivity index (χ4n) is 2.46. The molecule has 5 nitrogen and oxygen atoms in total. The normalized spacial score (nSPS) is 12.6. The van der Waals surface area contributed by atoms with Crippen molar-refractivity contribution in [3.8, 4) is 11.5 Å². The third-order valence-electron chi connectivity index (χ3n) is 3.79. The predicted molar refractivity (Wildman–Crippen MR) is 94.1 cm³/mol. The number of methoxy groups -OCH3 is 2. The van der Waals surface area contributed by atoms with E-state index in [9.17, 15) is 12.8 Å². The Morgan fingerprint density at radius 1 is 1.08 bits per heavy atom. The molecule has 0 saturated heterocycles. The van der Waals surface area contributed by atoms with Crippen LogP contribution in [0.4, 0.5) is 4.39 Å². The summed E-state index contributed by atoms with van der Waals surface area (Å²) in [5.74, 6) is -0.599. The van der Waals surface area contributed by atoms with Crippen molar-refractivity contribution in [3.05, 3.63) is 53.8 Å². The molecule has 0 spiro atoms.